The van der Waals surface area contributed by atoms with E-state index < -0.39 is 0 Å². The molecule has 1 N–H and O–H groups in total. The van der Waals surface area contributed by atoms with Crippen molar-refractivity contribution in [2.24, 2.45) is 0 Å². The van der Waals surface area contributed by atoms with Crippen LogP contribution in [0.15, 0.2) is 42.0 Å². The van der Waals surface area contributed by atoms with E-state index in [1.54, 1.807) is 11.3 Å². The van der Waals surface area contributed by atoms with Crippen LogP contribution in [0.1, 0.15) is 11.3 Å². The van der Waals surface area contributed by atoms with Gasteiger partial charge in [0.2, 0.25) is 0 Å². The standard InChI is InChI=1S/C16H17N3O2S/c1-12-3-2-4-14(9-12)21-11-15(20)17-6-5-13-10-19-7-8-22-16(19)18-13/h2-4,7-10H,5-6,11H2,1H3,(H,17,20). The van der Waals surface area contributed by atoms with Crippen molar-refractivity contribution in [3.05, 3.63) is 53.3 Å². The van der Waals surface area contributed by atoms with Crippen molar-refractivity contribution in [1.82, 2.24) is 14.7 Å². The van der Waals surface area contributed by atoms with E-state index in [9.17, 15) is 4.79 Å². The Labute approximate surface area is 132 Å². The van der Waals surface area contributed by atoms with Gasteiger partial charge in [0.15, 0.2) is 11.6 Å². The second-order valence-electron chi connectivity index (χ2n) is 5.03. The molecule has 0 bridgehead atoms. The van der Waals surface area contributed by atoms with Crippen molar-refractivity contribution in [1.29, 1.82) is 0 Å². The third-order valence-electron chi connectivity index (χ3n) is 3.21. The Balaban J connectivity index is 1.41. The van der Waals surface area contributed by atoms with Crippen LogP contribution in [0.2, 0.25) is 0 Å². The summed E-state index contributed by atoms with van der Waals surface area (Å²) in [6, 6.07) is 7.65. The molecule has 6 heteroatoms. The number of imidazole rings is 1. The molecule has 0 aliphatic rings. The number of aryl methyl sites for hydroxylation is 1. The Bertz CT molecular complexity index is 750. The number of rotatable bonds is 6. The molecule has 0 saturated heterocycles. The number of amides is 1. The smallest absolute Gasteiger partial charge is 0.257 e. The second kappa shape index (κ2) is 6.62. The number of hydrogen-bond donors (Lipinski definition) is 1. The first-order valence-corrected chi connectivity index (χ1v) is 7.96. The van der Waals surface area contributed by atoms with Crippen LogP contribution in [0.25, 0.3) is 4.96 Å². The first kappa shape index (κ1) is 14.6. The summed E-state index contributed by atoms with van der Waals surface area (Å²) >= 11 is 1.60. The van der Waals surface area contributed by atoms with E-state index >= 15 is 0 Å². The molecular formula is C16H17N3O2S. The van der Waals surface area contributed by atoms with Gasteiger partial charge in [0.25, 0.3) is 5.91 Å². The SMILES string of the molecule is Cc1cccc(OCC(=O)NCCc2cn3ccsc3n2)c1. The quantitative estimate of drug-likeness (QED) is 0.760. The van der Waals surface area contributed by atoms with Crippen molar-refractivity contribution in [2.45, 2.75) is 13.3 Å². The maximum absolute atomic E-state index is 11.8. The average molecular weight is 315 g/mol. The van der Waals surface area contributed by atoms with E-state index in [1.807, 2.05) is 53.4 Å². The molecule has 0 aliphatic carbocycles. The molecule has 0 atom stereocenters. The molecule has 114 valence electrons. The van der Waals surface area contributed by atoms with E-state index in [1.165, 1.54) is 0 Å². The minimum Gasteiger partial charge on any atom is -0.484 e. The topological polar surface area (TPSA) is 55.6 Å². The van der Waals surface area contributed by atoms with Crippen LogP contribution < -0.4 is 10.1 Å². The summed E-state index contributed by atoms with van der Waals surface area (Å²) < 4.78 is 7.45. The van der Waals surface area contributed by atoms with Gasteiger partial charge in [-0.3, -0.25) is 9.20 Å². The Morgan fingerprint density at radius 1 is 1.45 bits per heavy atom. The zero-order valence-corrected chi connectivity index (χ0v) is 13.1. The van der Waals surface area contributed by atoms with Crippen molar-refractivity contribution < 1.29 is 9.53 Å². The van der Waals surface area contributed by atoms with Gasteiger partial charge in [0.05, 0.1) is 5.69 Å². The van der Waals surface area contributed by atoms with Crippen molar-refractivity contribution in [3.8, 4) is 5.75 Å². The van der Waals surface area contributed by atoms with Gasteiger partial charge in [-0.1, -0.05) is 12.1 Å². The molecule has 2 aromatic heterocycles. The third-order valence-corrected chi connectivity index (χ3v) is 3.98. The molecular weight excluding hydrogens is 298 g/mol. The van der Waals surface area contributed by atoms with E-state index in [0.29, 0.717) is 18.7 Å². The monoisotopic (exact) mass is 315 g/mol. The summed E-state index contributed by atoms with van der Waals surface area (Å²) in [7, 11) is 0. The number of nitrogens with zero attached hydrogens (tertiary/aromatic N) is 2. The molecule has 0 saturated carbocycles. The Hall–Kier alpha value is -2.34. The number of fused-ring (bicyclic) bond motifs is 1. The van der Waals surface area contributed by atoms with E-state index in [0.717, 1.165) is 16.2 Å². The molecule has 0 aliphatic heterocycles. The fourth-order valence-corrected chi connectivity index (χ4v) is 2.85. The number of carbonyl (C=O) groups is 1. The predicted octanol–water partition coefficient (Wildman–Crippen LogP) is 2.44. The molecule has 0 spiro atoms. The lowest BCUT2D eigenvalue weighted by molar-refractivity contribution is -0.123. The molecule has 0 unspecified atom stereocenters. The van der Waals surface area contributed by atoms with Crippen LogP contribution in [-0.2, 0) is 11.2 Å². The van der Waals surface area contributed by atoms with E-state index in [4.69, 9.17) is 4.74 Å². The van der Waals surface area contributed by atoms with Gasteiger partial charge in [-0.25, -0.2) is 4.98 Å². The predicted molar refractivity (Wildman–Crippen MR) is 86.5 cm³/mol. The van der Waals surface area contributed by atoms with E-state index in [-0.39, 0.29) is 12.5 Å². The van der Waals surface area contributed by atoms with Gasteiger partial charge >= 0.3 is 0 Å². The van der Waals surface area contributed by atoms with Gasteiger partial charge in [-0.2, -0.15) is 0 Å². The average Bonchev–Trinajstić information content (AvgIpc) is 3.06. The summed E-state index contributed by atoms with van der Waals surface area (Å²) in [5.41, 5.74) is 2.09. The Kier molecular flexibility index (Phi) is 4.39. The van der Waals surface area contributed by atoms with Gasteiger partial charge < -0.3 is 10.1 Å². The second-order valence-corrected chi connectivity index (χ2v) is 5.90. The van der Waals surface area contributed by atoms with Crippen LogP contribution in [0, 0.1) is 6.92 Å². The van der Waals surface area contributed by atoms with E-state index in [2.05, 4.69) is 10.3 Å². The van der Waals surface area contributed by atoms with Gasteiger partial charge in [-0.05, 0) is 24.6 Å². The number of hydrogen-bond acceptors (Lipinski definition) is 4. The van der Waals surface area contributed by atoms with Gasteiger partial charge in [-0.15, -0.1) is 11.3 Å². The molecule has 3 rings (SSSR count). The summed E-state index contributed by atoms with van der Waals surface area (Å²) in [4.78, 5) is 17.2. The third kappa shape index (κ3) is 3.65. The zero-order chi connectivity index (χ0) is 15.4. The molecule has 3 aromatic rings. The number of thiazole rings is 1. The van der Waals surface area contributed by atoms with Crippen LogP contribution >= 0.6 is 11.3 Å². The molecule has 0 radical (unpaired) electrons. The van der Waals surface area contributed by atoms with Crippen molar-refractivity contribution in [3.63, 3.8) is 0 Å². The molecule has 0 fully saturated rings. The summed E-state index contributed by atoms with van der Waals surface area (Å²) in [5.74, 6) is 0.590. The molecule has 1 aromatic carbocycles. The highest BCUT2D eigenvalue weighted by molar-refractivity contribution is 7.15. The minimum absolute atomic E-state index is 0.0295. The lowest BCUT2D eigenvalue weighted by atomic mass is 10.2. The van der Waals surface area contributed by atoms with Gasteiger partial charge in [0.1, 0.15) is 5.75 Å². The van der Waals surface area contributed by atoms with Crippen molar-refractivity contribution in [2.75, 3.05) is 13.2 Å². The lowest BCUT2D eigenvalue weighted by Crippen LogP contribution is -2.30. The van der Waals surface area contributed by atoms with Crippen LogP contribution in [0.5, 0.6) is 5.75 Å². The molecule has 2 heterocycles. The largest absolute Gasteiger partial charge is 0.484 e. The fraction of sp³-hybridized carbons (Fsp3) is 0.250. The first-order chi connectivity index (χ1) is 10.7. The lowest BCUT2D eigenvalue weighted by Gasteiger charge is -2.07. The number of benzene rings is 1. The fourth-order valence-electron chi connectivity index (χ4n) is 2.13. The van der Waals surface area contributed by atoms with Gasteiger partial charge in [0, 0.05) is 30.7 Å². The zero-order valence-electron chi connectivity index (χ0n) is 12.3. The van der Waals surface area contributed by atoms with Crippen LogP contribution in [-0.4, -0.2) is 28.4 Å². The Morgan fingerprint density at radius 3 is 3.18 bits per heavy atom. The van der Waals surface area contributed by atoms with Crippen molar-refractivity contribution >= 4 is 22.2 Å². The number of aromatic nitrogens is 2. The first-order valence-electron chi connectivity index (χ1n) is 7.08. The molecule has 5 nitrogen and oxygen atoms in total. The maximum Gasteiger partial charge on any atom is 0.257 e. The van der Waals surface area contributed by atoms with Crippen LogP contribution in [0.4, 0.5) is 0 Å². The number of carbonyl (C=O) groups excluding carboxylic acids is 1. The normalized spacial score (nSPS) is 10.8. The highest BCUT2D eigenvalue weighted by Crippen LogP contribution is 2.12. The molecule has 1 amide bonds. The van der Waals surface area contributed by atoms with Crippen LogP contribution in [0.3, 0.4) is 0 Å². The summed E-state index contributed by atoms with van der Waals surface area (Å²) in [6.07, 6.45) is 4.68. The summed E-state index contributed by atoms with van der Waals surface area (Å²) in [5, 5.41) is 4.84. The highest BCUT2D eigenvalue weighted by atomic mass is 32.1. The molecule has 22 heavy (non-hydrogen) atoms. The number of ether oxygens (including phenoxy) is 1. The highest BCUT2D eigenvalue weighted by Gasteiger charge is 2.05. The maximum atomic E-state index is 11.8. The summed E-state index contributed by atoms with van der Waals surface area (Å²) in [6.45, 7) is 2.57. The number of nitrogens with one attached hydrogen (secondary N) is 1. The minimum atomic E-state index is -0.123. The Morgan fingerprint density at radius 2 is 2.36 bits per heavy atom.